The van der Waals surface area contributed by atoms with E-state index in [4.69, 9.17) is 0 Å². The van der Waals surface area contributed by atoms with Crippen LogP contribution < -0.4 is 0 Å². The van der Waals surface area contributed by atoms with Gasteiger partial charge in [-0.1, -0.05) is 12.8 Å². The molecular formula is C10H17NO2. The fourth-order valence-electron chi connectivity index (χ4n) is 2.44. The van der Waals surface area contributed by atoms with Crippen molar-refractivity contribution in [3.8, 4) is 0 Å². The molecule has 1 saturated heterocycles. The minimum atomic E-state index is -0.384. The molecule has 1 unspecified atom stereocenters. The van der Waals surface area contributed by atoms with Crippen molar-refractivity contribution in [3.63, 3.8) is 0 Å². The molecule has 0 bridgehead atoms. The van der Waals surface area contributed by atoms with Crippen molar-refractivity contribution in [2.75, 3.05) is 6.54 Å². The summed E-state index contributed by atoms with van der Waals surface area (Å²) in [6, 6.07) is 0.486. The number of rotatable bonds is 1. The van der Waals surface area contributed by atoms with E-state index in [1.807, 2.05) is 4.90 Å². The Morgan fingerprint density at radius 3 is 2.54 bits per heavy atom. The van der Waals surface area contributed by atoms with Gasteiger partial charge in [-0.2, -0.15) is 0 Å². The van der Waals surface area contributed by atoms with Crippen LogP contribution in [0.25, 0.3) is 0 Å². The monoisotopic (exact) mass is 183 g/mol. The van der Waals surface area contributed by atoms with Crippen LogP contribution in [0.3, 0.4) is 0 Å². The molecule has 0 aromatic heterocycles. The van der Waals surface area contributed by atoms with E-state index in [-0.39, 0.29) is 12.0 Å². The first-order chi connectivity index (χ1) is 6.27. The van der Waals surface area contributed by atoms with Gasteiger partial charge in [-0.15, -0.1) is 0 Å². The van der Waals surface area contributed by atoms with Crippen LogP contribution >= 0.6 is 0 Å². The summed E-state index contributed by atoms with van der Waals surface area (Å²) >= 11 is 0. The van der Waals surface area contributed by atoms with Gasteiger partial charge in [-0.3, -0.25) is 4.79 Å². The van der Waals surface area contributed by atoms with Gasteiger partial charge in [0, 0.05) is 12.6 Å². The smallest absolute Gasteiger partial charge is 0.225 e. The van der Waals surface area contributed by atoms with Crippen LogP contribution in [0.5, 0.6) is 0 Å². The maximum atomic E-state index is 11.6. The second-order valence-electron chi connectivity index (χ2n) is 4.17. The Kier molecular flexibility index (Phi) is 2.54. The highest BCUT2D eigenvalue weighted by Gasteiger charge is 2.31. The van der Waals surface area contributed by atoms with Gasteiger partial charge in [0.25, 0.3) is 0 Å². The molecule has 1 heterocycles. The van der Waals surface area contributed by atoms with E-state index < -0.39 is 0 Å². The minimum absolute atomic E-state index is 0.158. The largest absolute Gasteiger partial charge is 0.393 e. The fourth-order valence-corrected chi connectivity index (χ4v) is 2.44. The molecule has 3 nitrogen and oxygen atoms in total. The summed E-state index contributed by atoms with van der Waals surface area (Å²) in [4.78, 5) is 13.5. The summed E-state index contributed by atoms with van der Waals surface area (Å²) in [6.45, 7) is 0.769. The number of carbonyl (C=O) groups is 1. The second kappa shape index (κ2) is 3.66. The predicted octanol–water partition coefficient (Wildman–Crippen LogP) is 0.912. The number of carbonyl (C=O) groups excluding carboxylic acids is 1. The summed E-state index contributed by atoms with van der Waals surface area (Å²) < 4.78 is 0. The lowest BCUT2D eigenvalue weighted by Crippen LogP contribution is -2.45. The first-order valence-electron chi connectivity index (χ1n) is 5.25. The maximum absolute atomic E-state index is 11.6. The zero-order chi connectivity index (χ0) is 9.26. The zero-order valence-corrected chi connectivity index (χ0v) is 7.91. The third-order valence-corrected chi connectivity index (χ3v) is 3.20. The molecule has 1 amide bonds. The summed E-state index contributed by atoms with van der Waals surface area (Å²) in [5.74, 6) is 0.158. The Labute approximate surface area is 78.7 Å². The lowest BCUT2D eigenvalue weighted by molar-refractivity contribution is -0.139. The first-order valence-corrected chi connectivity index (χ1v) is 5.25. The molecule has 1 N–H and O–H groups in total. The quantitative estimate of drug-likeness (QED) is 0.656. The highest BCUT2D eigenvalue weighted by atomic mass is 16.3. The Bertz CT molecular complexity index is 199. The third-order valence-electron chi connectivity index (χ3n) is 3.20. The van der Waals surface area contributed by atoms with Crippen molar-refractivity contribution in [3.05, 3.63) is 0 Å². The molecule has 0 aromatic carbocycles. The SMILES string of the molecule is O=C1CC(O)CCN1C1CCCC1. The average Bonchev–Trinajstić information content (AvgIpc) is 2.56. The van der Waals surface area contributed by atoms with Gasteiger partial charge < -0.3 is 10.0 Å². The van der Waals surface area contributed by atoms with Crippen LogP contribution in [0.4, 0.5) is 0 Å². The zero-order valence-electron chi connectivity index (χ0n) is 7.91. The van der Waals surface area contributed by atoms with E-state index in [1.54, 1.807) is 0 Å². The molecule has 0 spiro atoms. The third kappa shape index (κ3) is 1.85. The number of hydrogen-bond acceptors (Lipinski definition) is 2. The fraction of sp³-hybridized carbons (Fsp3) is 0.900. The Balaban J connectivity index is 1.95. The summed E-state index contributed by atoms with van der Waals surface area (Å²) in [5.41, 5.74) is 0. The molecule has 1 aliphatic heterocycles. The molecule has 0 radical (unpaired) electrons. The van der Waals surface area contributed by atoms with Gasteiger partial charge in [0.2, 0.25) is 5.91 Å². The van der Waals surface area contributed by atoms with Crippen LogP contribution in [0, 0.1) is 0 Å². The molecule has 3 heteroatoms. The molecule has 0 aromatic rings. The van der Waals surface area contributed by atoms with Gasteiger partial charge in [0.1, 0.15) is 0 Å². The molecule has 2 fully saturated rings. The van der Waals surface area contributed by atoms with E-state index in [9.17, 15) is 9.90 Å². The van der Waals surface area contributed by atoms with Gasteiger partial charge in [-0.25, -0.2) is 0 Å². The van der Waals surface area contributed by atoms with E-state index >= 15 is 0 Å². The minimum Gasteiger partial charge on any atom is -0.393 e. The lowest BCUT2D eigenvalue weighted by Gasteiger charge is -2.34. The van der Waals surface area contributed by atoms with Crippen LogP contribution in [0.1, 0.15) is 38.5 Å². The number of hydrogen-bond donors (Lipinski definition) is 1. The summed E-state index contributed by atoms with van der Waals surface area (Å²) in [6.07, 6.45) is 5.58. The lowest BCUT2D eigenvalue weighted by atomic mass is 10.0. The van der Waals surface area contributed by atoms with Gasteiger partial charge in [0.15, 0.2) is 0 Å². The van der Waals surface area contributed by atoms with Crippen molar-refractivity contribution in [2.45, 2.75) is 50.7 Å². The van der Waals surface area contributed by atoms with Gasteiger partial charge >= 0.3 is 0 Å². The van der Waals surface area contributed by atoms with Crippen molar-refractivity contribution in [1.29, 1.82) is 0 Å². The summed E-state index contributed by atoms with van der Waals surface area (Å²) in [7, 11) is 0. The van der Waals surface area contributed by atoms with Crippen molar-refractivity contribution >= 4 is 5.91 Å². The summed E-state index contributed by atoms with van der Waals surface area (Å²) in [5, 5.41) is 9.29. The van der Waals surface area contributed by atoms with Gasteiger partial charge in [0.05, 0.1) is 12.5 Å². The second-order valence-corrected chi connectivity index (χ2v) is 4.17. The van der Waals surface area contributed by atoms with Crippen LogP contribution in [0.2, 0.25) is 0 Å². The number of aliphatic hydroxyl groups excluding tert-OH is 1. The van der Waals surface area contributed by atoms with E-state index in [1.165, 1.54) is 25.7 Å². The Hall–Kier alpha value is -0.570. The van der Waals surface area contributed by atoms with Crippen molar-refractivity contribution < 1.29 is 9.90 Å². The number of aliphatic hydroxyl groups is 1. The highest BCUT2D eigenvalue weighted by molar-refractivity contribution is 5.77. The van der Waals surface area contributed by atoms with E-state index in [0.29, 0.717) is 12.5 Å². The van der Waals surface area contributed by atoms with Crippen molar-refractivity contribution in [2.24, 2.45) is 0 Å². The van der Waals surface area contributed by atoms with Gasteiger partial charge in [-0.05, 0) is 19.3 Å². The van der Waals surface area contributed by atoms with E-state index in [0.717, 1.165) is 13.0 Å². The molecular weight excluding hydrogens is 166 g/mol. The predicted molar refractivity (Wildman–Crippen MR) is 49.2 cm³/mol. The molecule has 1 saturated carbocycles. The van der Waals surface area contributed by atoms with Crippen molar-refractivity contribution in [1.82, 2.24) is 4.90 Å². The molecule has 2 aliphatic rings. The average molecular weight is 183 g/mol. The Morgan fingerprint density at radius 2 is 1.92 bits per heavy atom. The standard InChI is InChI=1S/C10H17NO2/c12-9-5-6-11(10(13)7-9)8-3-1-2-4-8/h8-9,12H,1-7H2. The molecule has 1 aliphatic carbocycles. The van der Waals surface area contributed by atoms with Crippen LogP contribution in [-0.2, 0) is 4.79 Å². The molecule has 1 atom stereocenters. The number of likely N-dealkylation sites (tertiary alicyclic amines) is 1. The molecule has 13 heavy (non-hydrogen) atoms. The molecule has 74 valence electrons. The normalized spacial score (nSPS) is 31.3. The highest BCUT2D eigenvalue weighted by Crippen LogP contribution is 2.26. The number of nitrogens with zero attached hydrogens (tertiary/aromatic N) is 1. The number of piperidine rings is 1. The van der Waals surface area contributed by atoms with Crippen LogP contribution in [-0.4, -0.2) is 34.6 Å². The Morgan fingerprint density at radius 1 is 1.23 bits per heavy atom. The maximum Gasteiger partial charge on any atom is 0.225 e. The topological polar surface area (TPSA) is 40.5 Å². The van der Waals surface area contributed by atoms with Crippen LogP contribution in [0.15, 0.2) is 0 Å². The first kappa shape index (κ1) is 9.00. The van der Waals surface area contributed by atoms with E-state index in [2.05, 4.69) is 0 Å². The molecule has 2 rings (SSSR count). The number of amides is 1.